The zero-order valence-electron chi connectivity index (χ0n) is 27.5. The summed E-state index contributed by atoms with van der Waals surface area (Å²) >= 11 is 0. The number of carbonyl (C=O) groups is 1. The SMILES string of the molecule is C=Cc1c(-c2cc(OC)c(CN3CCC4(CC3)CN(C(=O)OC(C)(C)C)CCO4)c(OC)c2)cn(C)c(=O)c1/C=C(\C)NC. The van der Waals surface area contributed by atoms with Gasteiger partial charge in [-0.2, -0.15) is 0 Å². The summed E-state index contributed by atoms with van der Waals surface area (Å²) < 4.78 is 25.3. The zero-order valence-corrected chi connectivity index (χ0v) is 27.5. The first-order chi connectivity index (χ1) is 20.8. The van der Waals surface area contributed by atoms with Gasteiger partial charge in [0.2, 0.25) is 0 Å². The van der Waals surface area contributed by atoms with Crippen LogP contribution >= 0.6 is 0 Å². The smallest absolute Gasteiger partial charge is 0.410 e. The predicted octanol–water partition coefficient (Wildman–Crippen LogP) is 4.89. The second-order valence-electron chi connectivity index (χ2n) is 12.6. The lowest BCUT2D eigenvalue weighted by atomic mass is 9.89. The Kier molecular flexibility index (Phi) is 10.2. The number of aromatic nitrogens is 1. The molecule has 10 heteroatoms. The number of carbonyl (C=O) groups excluding carboxylic acids is 1. The van der Waals surface area contributed by atoms with Crippen molar-refractivity contribution in [3.05, 3.63) is 57.6 Å². The number of hydrogen-bond acceptors (Lipinski definition) is 8. The fourth-order valence-electron chi connectivity index (χ4n) is 5.92. The summed E-state index contributed by atoms with van der Waals surface area (Å²) in [6, 6.07) is 4.00. The molecule has 3 heterocycles. The Labute approximate surface area is 261 Å². The molecule has 1 spiro atoms. The number of nitrogens with one attached hydrogen (secondary N) is 1. The molecule has 4 rings (SSSR count). The van der Waals surface area contributed by atoms with Crippen molar-refractivity contribution in [1.29, 1.82) is 0 Å². The standard InChI is InChI=1S/C34H48N4O6/c1-10-25-26(17-23(2)35-6)31(39)36(7)20-27(25)24-18-29(41-8)28(30(19-24)42-9)21-37-13-11-34(12-14-37)22-38(15-16-43-34)32(40)44-33(3,4)5/h10,17-20,35H,1,11-16,21-22H2,2-9H3/b23-17+. The van der Waals surface area contributed by atoms with E-state index in [1.807, 2.05) is 59.1 Å². The van der Waals surface area contributed by atoms with Crippen molar-refractivity contribution in [2.45, 2.75) is 58.3 Å². The molecule has 0 aliphatic carbocycles. The van der Waals surface area contributed by atoms with Gasteiger partial charge >= 0.3 is 6.09 Å². The van der Waals surface area contributed by atoms with Crippen LogP contribution in [0.5, 0.6) is 11.5 Å². The average molecular weight is 609 g/mol. The third kappa shape index (κ3) is 7.30. The van der Waals surface area contributed by atoms with Crippen LogP contribution in [0.4, 0.5) is 4.79 Å². The van der Waals surface area contributed by atoms with Crippen LogP contribution < -0.4 is 20.3 Å². The second kappa shape index (κ2) is 13.5. The van der Waals surface area contributed by atoms with E-state index in [0.29, 0.717) is 43.3 Å². The molecular formula is C34H48N4O6. The normalized spacial score (nSPS) is 17.4. The molecule has 44 heavy (non-hydrogen) atoms. The van der Waals surface area contributed by atoms with Crippen molar-refractivity contribution >= 4 is 18.2 Å². The van der Waals surface area contributed by atoms with E-state index < -0.39 is 5.60 Å². The molecule has 1 aromatic heterocycles. The van der Waals surface area contributed by atoms with Crippen LogP contribution in [0.3, 0.4) is 0 Å². The molecule has 0 unspecified atom stereocenters. The van der Waals surface area contributed by atoms with Gasteiger partial charge < -0.3 is 33.7 Å². The van der Waals surface area contributed by atoms with Crippen LogP contribution in [0, 0.1) is 0 Å². The number of piperidine rings is 1. The van der Waals surface area contributed by atoms with E-state index >= 15 is 0 Å². The Balaban J connectivity index is 1.58. The molecule has 1 N–H and O–H groups in total. The highest BCUT2D eigenvalue weighted by molar-refractivity contribution is 5.82. The van der Waals surface area contributed by atoms with E-state index in [9.17, 15) is 9.59 Å². The van der Waals surface area contributed by atoms with Gasteiger partial charge in [0.25, 0.3) is 5.56 Å². The largest absolute Gasteiger partial charge is 0.496 e. The van der Waals surface area contributed by atoms with E-state index in [1.165, 1.54) is 0 Å². The van der Waals surface area contributed by atoms with Gasteiger partial charge in [0.05, 0.1) is 38.5 Å². The number of aryl methyl sites for hydroxylation is 1. The maximum atomic E-state index is 13.1. The number of likely N-dealkylation sites (tertiary alicyclic amines) is 1. The number of ether oxygens (including phenoxy) is 4. The lowest BCUT2D eigenvalue weighted by molar-refractivity contribution is -0.134. The Morgan fingerprint density at radius 3 is 2.30 bits per heavy atom. The number of hydrogen-bond donors (Lipinski definition) is 1. The van der Waals surface area contributed by atoms with Crippen LogP contribution in [-0.2, 0) is 23.1 Å². The first kappa shape index (κ1) is 33.1. The monoisotopic (exact) mass is 608 g/mol. The number of amides is 1. The number of benzene rings is 1. The Morgan fingerprint density at radius 1 is 1.11 bits per heavy atom. The summed E-state index contributed by atoms with van der Waals surface area (Å²) in [4.78, 5) is 30.0. The second-order valence-corrected chi connectivity index (χ2v) is 12.6. The quantitative estimate of drug-likeness (QED) is 0.453. The van der Waals surface area contributed by atoms with Gasteiger partial charge in [0.15, 0.2) is 0 Å². The first-order valence-corrected chi connectivity index (χ1v) is 15.1. The first-order valence-electron chi connectivity index (χ1n) is 15.1. The summed E-state index contributed by atoms with van der Waals surface area (Å²) in [5.41, 5.74) is 3.83. The van der Waals surface area contributed by atoms with Crippen LogP contribution in [0.15, 0.2) is 35.4 Å². The van der Waals surface area contributed by atoms with Crippen molar-refractivity contribution in [2.75, 3.05) is 54.1 Å². The van der Waals surface area contributed by atoms with E-state index in [1.54, 1.807) is 36.8 Å². The van der Waals surface area contributed by atoms with Gasteiger partial charge in [-0.05, 0) is 69.9 Å². The minimum Gasteiger partial charge on any atom is -0.496 e. The van der Waals surface area contributed by atoms with Gasteiger partial charge in [-0.1, -0.05) is 12.7 Å². The minimum atomic E-state index is -0.533. The molecule has 0 bridgehead atoms. The van der Waals surface area contributed by atoms with Gasteiger partial charge in [-0.15, -0.1) is 0 Å². The van der Waals surface area contributed by atoms with Gasteiger partial charge in [-0.3, -0.25) is 9.69 Å². The summed E-state index contributed by atoms with van der Waals surface area (Å²) in [5.74, 6) is 1.41. The fraction of sp³-hybridized carbons (Fsp3) is 0.529. The molecule has 0 saturated carbocycles. The lowest BCUT2D eigenvalue weighted by Crippen LogP contribution is -2.58. The van der Waals surface area contributed by atoms with Gasteiger partial charge in [-0.25, -0.2) is 4.79 Å². The number of allylic oxidation sites excluding steroid dienone is 1. The molecule has 1 aromatic carbocycles. The number of rotatable bonds is 8. The Morgan fingerprint density at radius 2 is 1.75 bits per heavy atom. The van der Waals surface area contributed by atoms with Crippen molar-refractivity contribution in [3.63, 3.8) is 0 Å². The molecule has 1 amide bonds. The fourth-order valence-corrected chi connectivity index (χ4v) is 5.92. The molecule has 2 fully saturated rings. The van der Waals surface area contributed by atoms with Crippen LogP contribution in [0.25, 0.3) is 23.3 Å². The summed E-state index contributed by atoms with van der Waals surface area (Å²) in [6.07, 6.45) is 6.72. The predicted molar refractivity (Wildman–Crippen MR) is 174 cm³/mol. The molecule has 240 valence electrons. The van der Waals surface area contributed by atoms with Crippen LogP contribution in [0.2, 0.25) is 0 Å². The van der Waals surface area contributed by atoms with E-state index in [2.05, 4.69) is 16.8 Å². The molecule has 2 saturated heterocycles. The number of methoxy groups -OCH3 is 2. The van der Waals surface area contributed by atoms with Gasteiger partial charge in [0.1, 0.15) is 17.1 Å². The van der Waals surface area contributed by atoms with E-state index in [0.717, 1.165) is 53.9 Å². The highest BCUT2D eigenvalue weighted by Crippen LogP contribution is 2.39. The molecule has 0 atom stereocenters. The highest BCUT2D eigenvalue weighted by Gasteiger charge is 2.42. The summed E-state index contributed by atoms with van der Waals surface area (Å²) in [6.45, 7) is 15.4. The minimum absolute atomic E-state index is 0.104. The van der Waals surface area contributed by atoms with Crippen LogP contribution in [-0.4, -0.2) is 85.7 Å². The maximum absolute atomic E-state index is 13.1. The third-order valence-electron chi connectivity index (χ3n) is 8.38. The lowest BCUT2D eigenvalue weighted by Gasteiger charge is -2.47. The van der Waals surface area contributed by atoms with Crippen molar-refractivity contribution < 1.29 is 23.7 Å². The average Bonchev–Trinajstić information content (AvgIpc) is 2.99. The van der Waals surface area contributed by atoms with Crippen molar-refractivity contribution in [1.82, 2.24) is 19.7 Å². The van der Waals surface area contributed by atoms with Gasteiger partial charge in [0, 0.05) is 63.3 Å². The maximum Gasteiger partial charge on any atom is 0.410 e. The number of pyridine rings is 1. The highest BCUT2D eigenvalue weighted by atomic mass is 16.6. The molecule has 0 radical (unpaired) electrons. The third-order valence-corrected chi connectivity index (χ3v) is 8.38. The zero-order chi connectivity index (χ0) is 32.2. The summed E-state index contributed by atoms with van der Waals surface area (Å²) in [7, 11) is 6.90. The van der Waals surface area contributed by atoms with E-state index in [-0.39, 0.29) is 17.3 Å². The molecular weight excluding hydrogens is 560 g/mol. The topological polar surface area (TPSA) is 94.5 Å². The number of nitrogens with zero attached hydrogens (tertiary/aromatic N) is 3. The Bertz CT molecular complexity index is 1440. The molecule has 10 nitrogen and oxygen atoms in total. The van der Waals surface area contributed by atoms with E-state index in [4.69, 9.17) is 18.9 Å². The summed E-state index contributed by atoms with van der Waals surface area (Å²) in [5, 5.41) is 3.09. The molecule has 2 aliphatic heterocycles. The van der Waals surface area contributed by atoms with Crippen molar-refractivity contribution in [3.8, 4) is 22.6 Å². The molecule has 2 aliphatic rings. The van der Waals surface area contributed by atoms with Crippen molar-refractivity contribution in [2.24, 2.45) is 7.05 Å². The Hall–Kier alpha value is -3.76. The molecule has 2 aromatic rings. The number of morpholine rings is 1. The van der Waals surface area contributed by atoms with Crippen LogP contribution in [0.1, 0.15) is 57.2 Å².